The molecular formula is C24H25N7O3. The Morgan fingerprint density at radius 3 is 2.94 bits per heavy atom. The number of hydroxylamine groups is 1. The van der Waals surface area contributed by atoms with Crippen molar-refractivity contribution in [2.75, 3.05) is 19.0 Å². The van der Waals surface area contributed by atoms with Crippen molar-refractivity contribution in [2.24, 2.45) is 0 Å². The minimum absolute atomic E-state index is 0.0421. The van der Waals surface area contributed by atoms with Gasteiger partial charge in [0.15, 0.2) is 5.65 Å². The summed E-state index contributed by atoms with van der Waals surface area (Å²) in [4.78, 5) is 43.3. The summed E-state index contributed by atoms with van der Waals surface area (Å²) in [5.74, 6) is -0.201. The number of anilines is 1. The van der Waals surface area contributed by atoms with Gasteiger partial charge >= 0.3 is 0 Å². The molecule has 10 heteroatoms. The topological polar surface area (TPSA) is 116 Å². The molecule has 0 aliphatic heterocycles. The molecular weight excluding hydrogens is 434 g/mol. The van der Waals surface area contributed by atoms with E-state index >= 15 is 0 Å². The lowest BCUT2D eigenvalue weighted by Gasteiger charge is -2.15. The van der Waals surface area contributed by atoms with Crippen LogP contribution in [0.25, 0.3) is 16.7 Å². The second-order valence-corrected chi connectivity index (χ2v) is 8.20. The van der Waals surface area contributed by atoms with Crippen LogP contribution in [0, 0.1) is 0 Å². The molecule has 0 bridgehead atoms. The number of pyridine rings is 1. The van der Waals surface area contributed by atoms with Crippen molar-refractivity contribution in [2.45, 2.75) is 32.2 Å². The van der Waals surface area contributed by atoms with Gasteiger partial charge in [0.1, 0.15) is 5.56 Å². The zero-order valence-electron chi connectivity index (χ0n) is 18.8. The van der Waals surface area contributed by atoms with E-state index < -0.39 is 11.3 Å². The number of imidazole rings is 1. The fourth-order valence-corrected chi connectivity index (χ4v) is 4.29. The average Bonchev–Trinajstić information content (AvgIpc) is 3.54. The molecule has 1 aromatic carbocycles. The second kappa shape index (κ2) is 9.44. The maximum atomic E-state index is 13.1. The highest BCUT2D eigenvalue weighted by Gasteiger charge is 2.19. The summed E-state index contributed by atoms with van der Waals surface area (Å²) in [5, 5.41) is 3.48. The van der Waals surface area contributed by atoms with Crippen LogP contribution in [0.3, 0.4) is 0 Å². The Morgan fingerprint density at radius 2 is 2.12 bits per heavy atom. The maximum absolute atomic E-state index is 13.1. The summed E-state index contributed by atoms with van der Waals surface area (Å²) in [5.41, 5.74) is 5.62. The molecule has 34 heavy (non-hydrogen) atoms. The Hall–Kier alpha value is -4.05. The van der Waals surface area contributed by atoms with Gasteiger partial charge in [0, 0.05) is 43.6 Å². The van der Waals surface area contributed by atoms with E-state index in [4.69, 9.17) is 4.84 Å². The largest absolute Gasteiger partial charge is 0.354 e. The Morgan fingerprint density at radius 1 is 1.24 bits per heavy atom. The quantitative estimate of drug-likeness (QED) is 0.307. The third-order valence-corrected chi connectivity index (χ3v) is 5.98. The van der Waals surface area contributed by atoms with Crippen molar-refractivity contribution in [1.29, 1.82) is 0 Å². The van der Waals surface area contributed by atoms with Crippen molar-refractivity contribution >= 4 is 22.9 Å². The average molecular weight is 460 g/mol. The molecule has 5 rings (SSSR count). The van der Waals surface area contributed by atoms with Crippen LogP contribution in [0.1, 0.15) is 34.3 Å². The SMILES string of the molecule is CONC(=O)c1cn(-c2ccc3c(c2)CCC3)c2nc(NCCCn3ccnc3)ncc2c1=O. The van der Waals surface area contributed by atoms with Crippen molar-refractivity contribution in [3.05, 3.63) is 76.2 Å². The first-order valence-electron chi connectivity index (χ1n) is 11.2. The zero-order chi connectivity index (χ0) is 23.5. The Kier molecular flexibility index (Phi) is 6.05. The number of hydrogen-bond donors (Lipinski definition) is 2. The number of carbonyl (C=O) groups is 1. The Balaban J connectivity index is 1.52. The van der Waals surface area contributed by atoms with E-state index in [0.29, 0.717) is 18.1 Å². The summed E-state index contributed by atoms with van der Waals surface area (Å²) in [6.07, 6.45) is 12.5. The Labute approximate surface area is 195 Å². The molecule has 0 unspecified atom stereocenters. The predicted molar refractivity (Wildman–Crippen MR) is 127 cm³/mol. The minimum atomic E-state index is -0.619. The van der Waals surface area contributed by atoms with E-state index in [1.165, 1.54) is 30.6 Å². The minimum Gasteiger partial charge on any atom is -0.354 e. The molecule has 1 aliphatic rings. The molecule has 10 nitrogen and oxygen atoms in total. The number of benzene rings is 1. The first kappa shape index (κ1) is 21.8. The lowest BCUT2D eigenvalue weighted by Crippen LogP contribution is -2.29. The number of aromatic nitrogens is 5. The molecule has 0 atom stereocenters. The molecule has 1 aliphatic carbocycles. The third kappa shape index (κ3) is 4.27. The van der Waals surface area contributed by atoms with E-state index in [-0.39, 0.29) is 10.9 Å². The maximum Gasteiger partial charge on any atom is 0.280 e. The van der Waals surface area contributed by atoms with Crippen LogP contribution in [-0.4, -0.2) is 43.6 Å². The fourth-order valence-electron chi connectivity index (χ4n) is 4.29. The number of nitrogens with one attached hydrogen (secondary N) is 2. The van der Waals surface area contributed by atoms with Gasteiger partial charge in [0.05, 0.1) is 18.8 Å². The molecule has 0 spiro atoms. The van der Waals surface area contributed by atoms with E-state index in [0.717, 1.165) is 37.9 Å². The standard InChI is InChI=1S/C24H25N7O3/c1-34-29-23(33)20-14-31(18-7-6-16-4-2-5-17(16)12-18)22-19(21(20)32)13-27-24(28-22)26-8-3-10-30-11-9-25-15-30/h6-7,9,11-15H,2-5,8,10H2,1H3,(H,29,33)(H,26,27,28). The number of aryl methyl sites for hydroxylation is 3. The molecule has 0 fully saturated rings. The van der Waals surface area contributed by atoms with E-state index in [1.54, 1.807) is 17.1 Å². The molecule has 3 heterocycles. The highest BCUT2D eigenvalue weighted by molar-refractivity contribution is 5.96. The third-order valence-electron chi connectivity index (χ3n) is 5.98. The van der Waals surface area contributed by atoms with Crippen LogP contribution in [0.2, 0.25) is 0 Å². The molecule has 4 aromatic rings. The number of carbonyl (C=O) groups excluding carboxylic acids is 1. The first-order chi connectivity index (χ1) is 16.6. The molecule has 0 radical (unpaired) electrons. The first-order valence-corrected chi connectivity index (χ1v) is 11.2. The van der Waals surface area contributed by atoms with Crippen molar-refractivity contribution in [1.82, 2.24) is 29.6 Å². The van der Waals surface area contributed by atoms with E-state index in [1.807, 2.05) is 16.8 Å². The summed E-state index contributed by atoms with van der Waals surface area (Å²) in [6, 6.07) is 6.20. The number of amides is 1. The molecule has 0 saturated carbocycles. The molecule has 2 N–H and O–H groups in total. The van der Waals surface area contributed by atoms with Gasteiger partial charge in [-0.25, -0.2) is 15.4 Å². The van der Waals surface area contributed by atoms with Gasteiger partial charge in [0.25, 0.3) is 5.91 Å². The summed E-state index contributed by atoms with van der Waals surface area (Å²) >= 11 is 0. The predicted octanol–water partition coefficient (Wildman–Crippen LogP) is 2.26. The number of fused-ring (bicyclic) bond motifs is 2. The van der Waals surface area contributed by atoms with Crippen LogP contribution >= 0.6 is 0 Å². The second-order valence-electron chi connectivity index (χ2n) is 8.20. The van der Waals surface area contributed by atoms with Crippen molar-refractivity contribution in [3.63, 3.8) is 0 Å². The smallest absolute Gasteiger partial charge is 0.280 e. The van der Waals surface area contributed by atoms with Gasteiger partial charge in [-0.15, -0.1) is 0 Å². The van der Waals surface area contributed by atoms with Crippen molar-refractivity contribution in [3.8, 4) is 5.69 Å². The van der Waals surface area contributed by atoms with Crippen LogP contribution in [0.4, 0.5) is 5.95 Å². The summed E-state index contributed by atoms with van der Waals surface area (Å²) in [6.45, 7) is 1.47. The van der Waals surface area contributed by atoms with Crippen molar-refractivity contribution < 1.29 is 9.63 Å². The van der Waals surface area contributed by atoms with Crippen LogP contribution in [-0.2, 0) is 24.2 Å². The molecule has 174 valence electrons. The molecule has 1 amide bonds. The lowest BCUT2D eigenvalue weighted by molar-refractivity contribution is 0.0536. The fraction of sp³-hybridized carbons (Fsp3) is 0.292. The van der Waals surface area contributed by atoms with E-state index in [2.05, 4.69) is 37.9 Å². The monoisotopic (exact) mass is 459 g/mol. The number of hydrogen-bond acceptors (Lipinski definition) is 7. The lowest BCUT2D eigenvalue weighted by atomic mass is 10.1. The van der Waals surface area contributed by atoms with Crippen LogP contribution < -0.4 is 16.2 Å². The van der Waals surface area contributed by atoms with Gasteiger partial charge in [-0.05, 0) is 48.9 Å². The number of rotatable bonds is 8. The highest BCUT2D eigenvalue weighted by Crippen LogP contribution is 2.26. The normalized spacial score (nSPS) is 12.6. The Bertz CT molecular complexity index is 1400. The van der Waals surface area contributed by atoms with Gasteiger partial charge in [0.2, 0.25) is 11.4 Å². The van der Waals surface area contributed by atoms with Gasteiger partial charge in [-0.3, -0.25) is 14.4 Å². The van der Waals surface area contributed by atoms with Gasteiger partial charge in [-0.2, -0.15) is 4.98 Å². The van der Waals surface area contributed by atoms with Crippen LogP contribution in [0.15, 0.2) is 54.1 Å². The highest BCUT2D eigenvalue weighted by atomic mass is 16.6. The molecule has 3 aromatic heterocycles. The van der Waals surface area contributed by atoms with Crippen LogP contribution in [0.5, 0.6) is 0 Å². The summed E-state index contributed by atoms with van der Waals surface area (Å²) < 4.78 is 3.78. The van der Waals surface area contributed by atoms with Gasteiger partial charge in [-0.1, -0.05) is 6.07 Å². The molecule has 0 saturated heterocycles. The summed E-state index contributed by atoms with van der Waals surface area (Å²) in [7, 11) is 1.33. The van der Waals surface area contributed by atoms with Gasteiger partial charge < -0.3 is 14.5 Å². The number of nitrogens with zero attached hydrogens (tertiary/aromatic N) is 5. The van der Waals surface area contributed by atoms with E-state index in [9.17, 15) is 9.59 Å². The zero-order valence-corrected chi connectivity index (χ0v) is 18.8.